The molecule has 2 aliphatic heterocycles. The first-order valence-corrected chi connectivity index (χ1v) is 5.99. The van der Waals surface area contributed by atoms with E-state index in [4.69, 9.17) is 4.74 Å². The van der Waals surface area contributed by atoms with Crippen molar-refractivity contribution in [2.75, 3.05) is 19.7 Å². The molecular formula is C11H22BNO. The van der Waals surface area contributed by atoms with E-state index in [9.17, 15) is 0 Å². The van der Waals surface area contributed by atoms with Gasteiger partial charge >= 0.3 is 0 Å². The SMILES string of the molecule is B[C@H]1CN2CCCC2(COC(C)C)C1. The highest BCUT2D eigenvalue weighted by Gasteiger charge is 2.46. The Labute approximate surface area is 88.4 Å². The third-order valence-electron chi connectivity index (χ3n) is 3.69. The molecule has 0 bridgehead atoms. The van der Waals surface area contributed by atoms with Crippen LogP contribution >= 0.6 is 0 Å². The zero-order valence-electron chi connectivity index (χ0n) is 9.75. The maximum atomic E-state index is 5.84. The van der Waals surface area contributed by atoms with Crippen LogP contribution in [0.4, 0.5) is 0 Å². The van der Waals surface area contributed by atoms with Crippen molar-refractivity contribution >= 4 is 7.85 Å². The Hall–Kier alpha value is -0.0151. The van der Waals surface area contributed by atoms with Gasteiger partial charge < -0.3 is 4.74 Å². The first-order chi connectivity index (χ1) is 6.62. The first kappa shape index (κ1) is 10.5. The van der Waals surface area contributed by atoms with Gasteiger partial charge in [0.1, 0.15) is 7.85 Å². The van der Waals surface area contributed by atoms with Gasteiger partial charge in [-0.05, 0) is 46.2 Å². The fourth-order valence-corrected chi connectivity index (χ4v) is 3.14. The summed E-state index contributed by atoms with van der Waals surface area (Å²) in [5.74, 6) is 0.867. The van der Waals surface area contributed by atoms with Crippen LogP contribution in [0.5, 0.6) is 0 Å². The Balaban J connectivity index is 1.98. The molecular weight excluding hydrogens is 173 g/mol. The molecule has 0 aromatic rings. The lowest BCUT2D eigenvalue weighted by Crippen LogP contribution is -2.43. The van der Waals surface area contributed by atoms with Crippen molar-refractivity contribution < 1.29 is 4.74 Å². The normalized spacial score (nSPS) is 38.1. The van der Waals surface area contributed by atoms with E-state index < -0.39 is 0 Å². The summed E-state index contributed by atoms with van der Waals surface area (Å²) in [6.45, 7) is 7.81. The average Bonchev–Trinajstić information content (AvgIpc) is 2.56. The van der Waals surface area contributed by atoms with Gasteiger partial charge in [-0.2, -0.15) is 0 Å². The lowest BCUT2D eigenvalue weighted by molar-refractivity contribution is 0.00312. The standard InChI is InChI=1S/C11H22BNO/c1-9(2)14-8-11-4-3-5-13(11)7-10(12)6-11/h9-10H,3-8,12H2,1-2H3/t10-,11?/m1/s1. The second-order valence-electron chi connectivity index (χ2n) is 5.44. The second-order valence-corrected chi connectivity index (χ2v) is 5.44. The summed E-state index contributed by atoms with van der Waals surface area (Å²) in [4.78, 5) is 2.67. The minimum Gasteiger partial charge on any atom is -0.377 e. The van der Waals surface area contributed by atoms with Crippen LogP contribution < -0.4 is 0 Å². The van der Waals surface area contributed by atoms with E-state index in [0.717, 1.165) is 12.4 Å². The van der Waals surface area contributed by atoms with Crippen molar-refractivity contribution in [1.29, 1.82) is 0 Å². The molecule has 2 aliphatic rings. The summed E-state index contributed by atoms with van der Waals surface area (Å²) in [7, 11) is 2.37. The third-order valence-corrected chi connectivity index (χ3v) is 3.69. The van der Waals surface area contributed by atoms with Gasteiger partial charge in [-0.15, -0.1) is 0 Å². The molecule has 0 radical (unpaired) electrons. The molecule has 2 atom stereocenters. The van der Waals surface area contributed by atoms with E-state index in [1.807, 2.05) is 0 Å². The number of nitrogens with zero attached hydrogens (tertiary/aromatic N) is 1. The quantitative estimate of drug-likeness (QED) is 0.624. The van der Waals surface area contributed by atoms with Gasteiger partial charge in [0.2, 0.25) is 0 Å². The van der Waals surface area contributed by atoms with E-state index in [-0.39, 0.29) is 0 Å². The van der Waals surface area contributed by atoms with E-state index in [2.05, 4.69) is 26.6 Å². The highest BCUT2D eigenvalue weighted by molar-refractivity contribution is 6.12. The molecule has 0 saturated carbocycles. The fourth-order valence-electron chi connectivity index (χ4n) is 3.14. The van der Waals surface area contributed by atoms with Crippen LogP contribution in [0.25, 0.3) is 0 Å². The molecule has 2 heterocycles. The van der Waals surface area contributed by atoms with Crippen molar-refractivity contribution in [1.82, 2.24) is 4.90 Å². The zero-order valence-corrected chi connectivity index (χ0v) is 9.75. The minimum atomic E-state index is 0.378. The lowest BCUT2D eigenvalue weighted by Gasteiger charge is -2.32. The van der Waals surface area contributed by atoms with Crippen LogP contribution in [0.3, 0.4) is 0 Å². The zero-order chi connectivity index (χ0) is 10.2. The molecule has 0 spiro atoms. The first-order valence-electron chi connectivity index (χ1n) is 5.99. The van der Waals surface area contributed by atoms with Crippen molar-refractivity contribution in [2.45, 2.75) is 50.6 Å². The molecule has 0 amide bonds. The molecule has 0 N–H and O–H groups in total. The van der Waals surface area contributed by atoms with Gasteiger partial charge in [-0.3, -0.25) is 4.90 Å². The molecule has 80 valence electrons. The Bertz CT molecular complexity index is 209. The van der Waals surface area contributed by atoms with Gasteiger partial charge in [0.25, 0.3) is 0 Å². The Kier molecular flexibility index (Phi) is 2.89. The number of hydrogen-bond acceptors (Lipinski definition) is 2. The number of hydrogen-bond donors (Lipinski definition) is 0. The summed E-state index contributed by atoms with van der Waals surface area (Å²) < 4.78 is 5.84. The van der Waals surface area contributed by atoms with Gasteiger partial charge in [-0.1, -0.05) is 5.82 Å². The monoisotopic (exact) mass is 195 g/mol. The highest BCUT2D eigenvalue weighted by atomic mass is 16.5. The minimum absolute atomic E-state index is 0.378. The molecule has 1 unspecified atom stereocenters. The Morgan fingerprint density at radius 2 is 2.36 bits per heavy atom. The van der Waals surface area contributed by atoms with E-state index in [1.54, 1.807) is 0 Å². The fraction of sp³-hybridized carbons (Fsp3) is 1.00. The van der Waals surface area contributed by atoms with Crippen molar-refractivity contribution in [3.05, 3.63) is 0 Å². The Morgan fingerprint density at radius 3 is 3.07 bits per heavy atom. The molecule has 2 fully saturated rings. The summed E-state index contributed by atoms with van der Waals surface area (Å²) in [5.41, 5.74) is 0.420. The predicted octanol–water partition coefficient (Wildman–Crippen LogP) is 1.07. The average molecular weight is 195 g/mol. The molecule has 2 nitrogen and oxygen atoms in total. The maximum absolute atomic E-state index is 5.84. The van der Waals surface area contributed by atoms with Crippen LogP contribution in [-0.4, -0.2) is 44.1 Å². The second kappa shape index (κ2) is 3.86. The maximum Gasteiger partial charge on any atom is 0.107 e. The lowest BCUT2D eigenvalue weighted by atomic mass is 9.80. The Morgan fingerprint density at radius 1 is 1.57 bits per heavy atom. The van der Waals surface area contributed by atoms with Gasteiger partial charge in [0.15, 0.2) is 0 Å². The summed E-state index contributed by atoms with van der Waals surface area (Å²) >= 11 is 0. The number of fused-ring (bicyclic) bond motifs is 1. The summed E-state index contributed by atoms with van der Waals surface area (Å²) in [5, 5.41) is 0. The summed E-state index contributed by atoms with van der Waals surface area (Å²) in [6.07, 6.45) is 4.44. The molecule has 3 heteroatoms. The van der Waals surface area contributed by atoms with E-state index in [1.165, 1.54) is 32.4 Å². The predicted molar refractivity (Wildman–Crippen MR) is 61.5 cm³/mol. The molecule has 14 heavy (non-hydrogen) atoms. The molecule has 2 saturated heterocycles. The van der Waals surface area contributed by atoms with Crippen LogP contribution in [0.2, 0.25) is 5.82 Å². The van der Waals surface area contributed by atoms with Crippen molar-refractivity contribution in [3.8, 4) is 0 Å². The van der Waals surface area contributed by atoms with Crippen LogP contribution in [0.1, 0.15) is 33.1 Å². The molecule has 0 aliphatic carbocycles. The third kappa shape index (κ3) is 1.85. The summed E-state index contributed by atoms with van der Waals surface area (Å²) in [6, 6.07) is 0. The van der Waals surface area contributed by atoms with Gasteiger partial charge in [0.05, 0.1) is 12.7 Å². The van der Waals surface area contributed by atoms with Crippen molar-refractivity contribution in [3.63, 3.8) is 0 Å². The molecule has 0 aromatic carbocycles. The smallest absolute Gasteiger partial charge is 0.107 e. The number of rotatable bonds is 3. The number of ether oxygens (including phenoxy) is 1. The molecule has 2 rings (SSSR count). The highest BCUT2D eigenvalue weighted by Crippen LogP contribution is 2.42. The topological polar surface area (TPSA) is 12.5 Å². The van der Waals surface area contributed by atoms with Gasteiger partial charge in [-0.25, -0.2) is 0 Å². The van der Waals surface area contributed by atoms with E-state index >= 15 is 0 Å². The van der Waals surface area contributed by atoms with Crippen molar-refractivity contribution in [2.24, 2.45) is 0 Å². The largest absolute Gasteiger partial charge is 0.377 e. The van der Waals surface area contributed by atoms with Crippen LogP contribution in [-0.2, 0) is 4.74 Å². The molecule has 0 aromatic heterocycles. The van der Waals surface area contributed by atoms with E-state index in [0.29, 0.717) is 11.6 Å². The van der Waals surface area contributed by atoms with Crippen LogP contribution in [0.15, 0.2) is 0 Å². The van der Waals surface area contributed by atoms with Crippen LogP contribution in [0, 0.1) is 0 Å². The van der Waals surface area contributed by atoms with Gasteiger partial charge in [0, 0.05) is 5.54 Å².